The Balaban J connectivity index is 2.56. The Labute approximate surface area is 80.5 Å². The fourth-order valence-corrected chi connectivity index (χ4v) is 2.52. The molecule has 1 aliphatic heterocycles. The summed E-state index contributed by atoms with van der Waals surface area (Å²) in [4.78, 5) is 10.7. The molecule has 1 N–H and O–H groups in total. The molecule has 0 bridgehead atoms. The molecule has 3 unspecified atom stereocenters. The van der Waals surface area contributed by atoms with Crippen LogP contribution in [-0.2, 0) is 15.8 Å². The van der Waals surface area contributed by atoms with Gasteiger partial charge in [0, 0.05) is 19.3 Å². The van der Waals surface area contributed by atoms with Gasteiger partial charge in [0.2, 0.25) is 0 Å². The van der Waals surface area contributed by atoms with Gasteiger partial charge in [-0.3, -0.25) is 4.79 Å². The molecule has 1 rings (SSSR count). The van der Waals surface area contributed by atoms with Gasteiger partial charge in [-0.1, -0.05) is 6.92 Å². The number of carboxylic acids is 1. The molecule has 0 saturated carbocycles. The lowest BCUT2D eigenvalue weighted by atomic mass is 9.88. The van der Waals surface area contributed by atoms with Gasteiger partial charge >= 0.3 is 5.97 Å². The average Bonchev–Trinajstić information content (AvgIpc) is 2.03. The molecule has 0 radical (unpaired) electrons. The van der Waals surface area contributed by atoms with E-state index in [0.717, 1.165) is 0 Å². The quantitative estimate of drug-likeness (QED) is 0.706. The van der Waals surface area contributed by atoms with Gasteiger partial charge in [-0.2, -0.15) is 0 Å². The second kappa shape index (κ2) is 4.19. The topological polar surface area (TPSA) is 57.6 Å². The lowest BCUT2D eigenvalue weighted by Crippen LogP contribution is -2.42. The second-order valence-corrected chi connectivity index (χ2v) is 4.89. The summed E-state index contributed by atoms with van der Waals surface area (Å²) in [5.74, 6) is -0.899. The highest BCUT2D eigenvalue weighted by atomic mass is 32.2. The first-order valence-electron chi connectivity index (χ1n) is 4.33. The van der Waals surface area contributed by atoms with Crippen LogP contribution in [0.15, 0.2) is 0 Å². The van der Waals surface area contributed by atoms with Crippen LogP contribution in [0.3, 0.4) is 0 Å². The number of rotatable bonds is 2. The predicted molar refractivity (Wildman–Crippen MR) is 50.5 cm³/mol. The van der Waals surface area contributed by atoms with Crippen LogP contribution < -0.4 is 0 Å². The summed E-state index contributed by atoms with van der Waals surface area (Å²) >= 11 is 0. The first kappa shape index (κ1) is 10.7. The highest BCUT2D eigenvalue weighted by molar-refractivity contribution is 7.81. The summed E-state index contributed by atoms with van der Waals surface area (Å²) < 4.78 is 12.9. The van der Waals surface area contributed by atoms with Crippen molar-refractivity contribution in [1.29, 1.82) is 0 Å². The molecule has 1 fully saturated rings. The zero-order chi connectivity index (χ0) is 10.0. The van der Waals surface area contributed by atoms with E-state index < -0.39 is 17.0 Å². The van der Waals surface area contributed by atoms with Gasteiger partial charge in [0.05, 0.1) is 16.9 Å². The number of hydrogen-bond acceptors (Lipinski definition) is 2. The first-order chi connectivity index (χ1) is 6.02. The Morgan fingerprint density at radius 3 is 2.62 bits per heavy atom. The summed E-state index contributed by atoms with van der Waals surface area (Å²) in [6, 6.07) is 0. The molecular formula is C8H15NO3S. The molecule has 76 valence electrons. The third-order valence-electron chi connectivity index (χ3n) is 2.55. The minimum absolute atomic E-state index is 0.0927. The SMILES string of the molecule is CC1CN(S(C)=O)CCC1C(=O)O. The molecule has 4 nitrogen and oxygen atoms in total. The number of hydrogen-bond donors (Lipinski definition) is 1. The van der Waals surface area contributed by atoms with Crippen molar-refractivity contribution >= 4 is 17.0 Å². The van der Waals surface area contributed by atoms with Gasteiger partial charge in [-0.15, -0.1) is 0 Å². The van der Waals surface area contributed by atoms with Crippen LogP contribution in [-0.4, -0.2) is 38.9 Å². The third kappa shape index (κ3) is 2.51. The van der Waals surface area contributed by atoms with Crippen molar-refractivity contribution in [3.8, 4) is 0 Å². The Hall–Kier alpha value is -0.420. The molecule has 0 aromatic rings. The van der Waals surface area contributed by atoms with Crippen molar-refractivity contribution in [2.45, 2.75) is 13.3 Å². The number of carboxylic acid groups (broad SMARTS) is 1. The Morgan fingerprint density at radius 1 is 1.62 bits per heavy atom. The zero-order valence-electron chi connectivity index (χ0n) is 7.90. The maximum Gasteiger partial charge on any atom is 0.306 e. The second-order valence-electron chi connectivity index (χ2n) is 3.52. The molecule has 5 heteroatoms. The maximum absolute atomic E-state index is 11.1. The normalized spacial score (nSPS) is 32.8. The molecule has 1 saturated heterocycles. The van der Waals surface area contributed by atoms with Crippen molar-refractivity contribution in [2.75, 3.05) is 19.3 Å². The summed E-state index contributed by atoms with van der Waals surface area (Å²) in [5, 5.41) is 8.84. The largest absolute Gasteiger partial charge is 0.481 e. The third-order valence-corrected chi connectivity index (χ3v) is 3.61. The minimum atomic E-state index is -0.960. The van der Waals surface area contributed by atoms with Gasteiger partial charge in [-0.05, 0) is 12.3 Å². The summed E-state index contributed by atoms with van der Waals surface area (Å²) in [6.45, 7) is 3.16. The molecule has 1 aliphatic rings. The van der Waals surface area contributed by atoms with E-state index in [2.05, 4.69) is 0 Å². The lowest BCUT2D eigenvalue weighted by molar-refractivity contribution is -0.144. The fourth-order valence-electron chi connectivity index (χ4n) is 1.71. The Morgan fingerprint density at radius 2 is 2.23 bits per heavy atom. The summed E-state index contributed by atoms with van der Waals surface area (Å²) in [5.41, 5.74) is 0. The summed E-state index contributed by atoms with van der Waals surface area (Å²) in [6.07, 6.45) is 2.24. The first-order valence-corrected chi connectivity index (χ1v) is 5.85. The number of piperidine rings is 1. The van der Waals surface area contributed by atoms with Crippen LogP contribution in [0.2, 0.25) is 0 Å². The molecule has 1 heterocycles. The van der Waals surface area contributed by atoms with Crippen molar-refractivity contribution < 1.29 is 14.1 Å². The Bertz CT molecular complexity index is 231. The van der Waals surface area contributed by atoms with E-state index in [0.29, 0.717) is 19.5 Å². The number of nitrogens with zero attached hydrogens (tertiary/aromatic N) is 1. The van der Waals surface area contributed by atoms with Crippen LogP contribution in [0, 0.1) is 11.8 Å². The van der Waals surface area contributed by atoms with Gasteiger partial charge in [0.1, 0.15) is 0 Å². The standard InChI is InChI=1S/C8H15NO3S/c1-6-5-9(13(2)12)4-3-7(6)8(10)11/h6-7H,3-5H2,1-2H3,(H,10,11). The number of aliphatic carboxylic acids is 1. The van der Waals surface area contributed by atoms with Crippen LogP contribution in [0.4, 0.5) is 0 Å². The Kier molecular flexibility index (Phi) is 3.44. The lowest BCUT2D eigenvalue weighted by Gasteiger charge is -2.32. The van der Waals surface area contributed by atoms with E-state index in [1.54, 1.807) is 6.26 Å². The molecule has 0 spiro atoms. The van der Waals surface area contributed by atoms with Crippen molar-refractivity contribution in [3.05, 3.63) is 0 Å². The predicted octanol–water partition coefficient (Wildman–Crippen LogP) is 0.323. The van der Waals surface area contributed by atoms with E-state index >= 15 is 0 Å². The van der Waals surface area contributed by atoms with Gasteiger partial charge in [0.15, 0.2) is 0 Å². The zero-order valence-corrected chi connectivity index (χ0v) is 8.71. The van der Waals surface area contributed by atoms with Crippen LogP contribution in [0.25, 0.3) is 0 Å². The number of carbonyl (C=O) groups is 1. The van der Waals surface area contributed by atoms with Crippen LogP contribution in [0.1, 0.15) is 13.3 Å². The van der Waals surface area contributed by atoms with E-state index in [1.807, 2.05) is 11.2 Å². The average molecular weight is 205 g/mol. The van der Waals surface area contributed by atoms with Gasteiger partial charge in [0.25, 0.3) is 0 Å². The van der Waals surface area contributed by atoms with E-state index in [-0.39, 0.29) is 11.8 Å². The van der Waals surface area contributed by atoms with E-state index in [1.165, 1.54) is 0 Å². The molecule has 0 amide bonds. The van der Waals surface area contributed by atoms with Crippen LogP contribution in [0.5, 0.6) is 0 Å². The van der Waals surface area contributed by atoms with E-state index in [4.69, 9.17) is 5.11 Å². The molecule has 13 heavy (non-hydrogen) atoms. The monoisotopic (exact) mass is 205 g/mol. The summed E-state index contributed by atoms with van der Waals surface area (Å²) in [7, 11) is -0.960. The molecule has 0 aliphatic carbocycles. The minimum Gasteiger partial charge on any atom is -0.481 e. The van der Waals surface area contributed by atoms with Gasteiger partial charge < -0.3 is 5.11 Å². The van der Waals surface area contributed by atoms with Crippen molar-refractivity contribution in [2.24, 2.45) is 11.8 Å². The van der Waals surface area contributed by atoms with E-state index in [9.17, 15) is 9.00 Å². The highest BCUT2D eigenvalue weighted by Gasteiger charge is 2.31. The molecule has 3 atom stereocenters. The van der Waals surface area contributed by atoms with Crippen molar-refractivity contribution in [1.82, 2.24) is 4.31 Å². The van der Waals surface area contributed by atoms with Gasteiger partial charge in [-0.25, -0.2) is 8.51 Å². The van der Waals surface area contributed by atoms with Crippen molar-refractivity contribution in [3.63, 3.8) is 0 Å². The molecule has 0 aromatic heterocycles. The molecule has 0 aromatic carbocycles. The maximum atomic E-state index is 11.1. The highest BCUT2D eigenvalue weighted by Crippen LogP contribution is 2.23. The van der Waals surface area contributed by atoms with Crippen LogP contribution >= 0.6 is 0 Å². The smallest absolute Gasteiger partial charge is 0.306 e. The fraction of sp³-hybridized carbons (Fsp3) is 0.875. The molecular weight excluding hydrogens is 190 g/mol.